The van der Waals surface area contributed by atoms with E-state index in [4.69, 9.17) is 0 Å². The fourth-order valence-electron chi connectivity index (χ4n) is 1.77. The lowest BCUT2D eigenvalue weighted by molar-refractivity contribution is 0.102. The standard InChI is InChI=1S/C19H15F2NO2S/c1-4-19(3,24)10-6-5-7-16-17(12(2)23)25-18(22-16)14-9-8-13(20)11-15(14)21/h8-9,11,24H,4H2,1-3H3. The summed E-state index contributed by atoms with van der Waals surface area (Å²) in [6, 6.07) is 3.15. The molecule has 1 heterocycles. The van der Waals surface area contributed by atoms with Crippen LogP contribution in [0.25, 0.3) is 10.6 Å². The zero-order valence-electron chi connectivity index (χ0n) is 13.9. The Morgan fingerprint density at radius 1 is 1.36 bits per heavy atom. The van der Waals surface area contributed by atoms with Crippen LogP contribution in [-0.2, 0) is 0 Å². The lowest BCUT2D eigenvalue weighted by atomic mass is 10.1. The van der Waals surface area contributed by atoms with Crippen molar-refractivity contribution in [3.63, 3.8) is 0 Å². The van der Waals surface area contributed by atoms with Crippen LogP contribution in [0.3, 0.4) is 0 Å². The molecule has 0 amide bonds. The first kappa shape index (κ1) is 18.8. The Morgan fingerprint density at radius 3 is 2.68 bits per heavy atom. The minimum Gasteiger partial charge on any atom is -0.378 e. The molecule has 0 radical (unpaired) electrons. The summed E-state index contributed by atoms with van der Waals surface area (Å²) in [7, 11) is 0. The van der Waals surface area contributed by atoms with Crippen LogP contribution < -0.4 is 0 Å². The van der Waals surface area contributed by atoms with E-state index in [0.717, 1.165) is 23.5 Å². The van der Waals surface area contributed by atoms with Gasteiger partial charge in [0.1, 0.15) is 32.8 Å². The van der Waals surface area contributed by atoms with Gasteiger partial charge in [0, 0.05) is 18.6 Å². The van der Waals surface area contributed by atoms with Crippen molar-refractivity contribution < 1.29 is 18.7 Å². The number of nitrogens with zero attached hydrogens (tertiary/aromatic N) is 1. The highest BCUT2D eigenvalue weighted by Gasteiger charge is 2.17. The molecule has 0 saturated heterocycles. The van der Waals surface area contributed by atoms with Crippen molar-refractivity contribution in [1.82, 2.24) is 4.98 Å². The highest BCUT2D eigenvalue weighted by molar-refractivity contribution is 7.17. The molecule has 1 aromatic heterocycles. The van der Waals surface area contributed by atoms with Gasteiger partial charge in [-0.1, -0.05) is 12.8 Å². The van der Waals surface area contributed by atoms with Gasteiger partial charge in [0.2, 0.25) is 0 Å². The van der Waals surface area contributed by atoms with E-state index < -0.39 is 17.2 Å². The Morgan fingerprint density at radius 2 is 2.08 bits per heavy atom. The van der Waals surface area contributed by atoms with E-state index in [1.807, 2.05) is 0 Å². The molecule has 6 heteroatoms. The molecule has 128 valence electrons. The van der Waals surface area contributed by atoms with Crippen molar-refractivity contribution in [2.24, 2.45) is 0 Å². The van der Waals surface area contributed by atoms with Crippen LogP contribution in [0.1, 0.15) is 42.6 Å². The van der Waals surface area contributed by atoms with Crippen molar-refractivity contribution in [3.8, 4) is 34.3 Å². The highest BCUT2D eigenvalue weighted by atomic mass is 32.1. The van der Waals surface area contributed by atoms with Gasteiger partial charge in [-0.2, -0.15) is 0 Å². The molecule has 1 unspecified atom stereocenters. The number of Topliss-reactive ketones (excluding diaryl/α,β-unsaturated/α-hetero) is 1. The Labute approximate surface area is 148 Å². The van der Waals surface area contributed by atoms with Gasteiger partial charge in [0.05, 0.1) is 0 Å². The number of ketones is 1. The molecule has 1 atom stereocenters. The maximum absolute atomic E-state index is 13.9. The molecule has 2 aromatic rings. The summed E-state index contributed by atoms with van der Waals surface area (Å²) in [5.41, 5.74) is -0.855. The van der Waals surface area contributed by atoms with Crippen LogP contribution in [-0.4, -0.2) is 21.5 Å². The molecule has 1 N–H and O–H groups in total. The third-order valence-corrected chi connectivity index (χ3v) is 4.56. The van der Waals surface area contributed by atoms with E-state index in [2.05, 4.69) is 28.7 Å². The first-order chi connectivity index (χ1) is 11.7. The van der Waals surface area contributed by atoms with Gasteiger partial charge in [0.25, 0.3) is 0 Å². The van der Waals surface area contributed by atoms with Crippen LogP contribution in [0.15, 0.2) is 18.2 Å². The van der Waals surface area contributed by atoms with Crippen LogP contribution in [0.2, 0.25) is 0 Å². The summed E-state index contributed by atoms with van der Waals surface area (Å²) in [5.74, 6) is 8.62. The van der Waals surface area contributed by atoms with Gasteiger partial charge < -0.3 is 5.11 Å². The topological polar surface area (TPSA) is 50.2 Å². The minimum atomic E-state index is -1.14. The number of halogens is 2. The lowest BCUT2D eigenvalue weighted by Crippen LogP contribution is -2.19. The van der Waals surface area contributed by atoms with Gasteiger partial charge >= 0.3 is 0 Å². The van der Waals surface area contributed by atoms with E-state index in [0.29, 0.717) is 6.42 Å². The number of carbonyl (C=O) groups excluding carboxylic acids is 1. The van der Waals surface area contributed by atoms with E-state index in [1.54, 1.807) is 13.8 Å². The molecule has 0 spiro atoms. The molecular formula is C19H15F2NO2S. The largest absolute Gasteiger partial charge is 0.378 e. The monoisotopic (exact) mass is 359 g/mol. The summed E-state index contributed by atoms with van der Waals surface area (Å²) in [6.07, 6.45) is 0.449. The van der Waals surface area contributed by atoms with Crippen LogP contribution in [0.5, 0.6) is 0 Å². The number of hydrogen-bond acceptors (Lipinski definition) is 4. The fraction of sp³-hybridized carbons (Fsp3) is 0.263. The molecule has 1 aromatic carbocycles. The number of carbonyl (C=O) groups is 1. The van der Waals surface area contributed by atoms with Gasteiger partial charge in [0.15, 0.2) is 5.78 Å². The minimum absolute atomic E-state index is 0.0990. The molecule has 25 heavy (non-hydrogen) atoms. The average Bonchev–Trinajstić information content (AvgIpc) is 2.96. The van der Waals surface area contributed by atoms with Crippen LogP contribution in [0.4, 0.5) is 8.78 Å². The Hall–Kier alpha value is -2.54. The number of aromatic nitrogens is 1. The fourth-order valence-corrected chi connectivity index (χ4v) is 2.71. The number of thiazole rings is 1. The molecule has 0 fully saturated rings. The molecule has 2 rings (SSSR count). The lowest BCUT2D eigenvalue weighted by Gasteiger charge is -2.10. The van der Waals surface area contributed by atoms with Crippen molar-refractivity contribution in [2.45, 2.75) is 32.8 Å². The predicted molar refractivity (Wildman–Crippen MR) is 93.0 cm³/mol. The van der Waals surface area contributed by atoms with E-state index in [1.165, 1.54) is 13.0 Å². The van der Waals surface area contributed by atoms with E-state index in [-0.39, 0.29) is 26.9 Å². The second-order valence-electron chi connectivity index (χ2n) is 5.50. The summed E-state index contributed by atoms with van der Waals surface area (Å²) in [4.78, 5) is 16.2. The normalized spacial score (nSPS) is 12.4. The van der Waals surface area contributed by atoms with Gasteiger partial charge in [-0.05, 0) is 43.2 Å². The molecule has 0 aliphatic heterocycles. The molecule has 3 nitrogen and oxygen atoms in total. The maximum atomic E-state index is 13.9. The first-order valence-corrected chi connectivity index (χ1v) is 8.28. The zero-order valence-corrected chi connectivity index (χ0v) is 14.7. The quantitative estimate of drug-likeness (QED) is 0.670. The predicted octanol–water partition coefficient (Wildman–Crippen LogP) is 3.81. The first-order valence-electron chi connectivity index (χ1n) is 7.46. The van der Waals surface area contributed by atoms with Crippen LogP contribution in [0, 0.1) is 35.3 Å². The third kappa shape index (κ3) is 4.73. The smallest absolute Gasteiger partial charge is 0.172 e. The average molecular weight is 359 g/mol. The second-order valence-corrected chi connectivity index (χ2v) is 6.50. The Kier molecular flexibility index (Phi) is 5.69. The van der Waals surface area contributed by atoms with E-state index in [9.17, 15) is 18.7 Å². The number of benzene rings is 1. The van der Waals surface area contributed by atoms with Crippen molar-refractivity contribution in [3.05, 3.63) is 40.4 Å². The van der Waals surface area contributed by atoms with Gasteiger partial charge in [-0.15, -0.1) is 11.3 Å². The Balaban J connectivity index is 2.43. The summed E-state index contributed by atoms with van der Waals surface area (Å²) >= 11 is 0.986. The number of hydrogen-bond donors (Lipinski definition) is 1. The summed E-state index contributed by atoms with van der Waals surface area (Å²) in [5, 5.41) is 10.0. The highest BCUT2D eigenvalue weighted by Crippen LogP contribution is 2.30. The second kappa shape index (κ2) is 7.57. The van der Waals surface area contributed by atoms with E-state index >= 15 is 0 Å². The summed E-state index contributed by atoms with van der Waals surface area (Å²) < 4.78 is 26.9. The maximum Gasteiger partial charge on any atom is 0.172 e. The van der Waals surface area contributed by atoms with Crippen LogP contribution >= 0.6 is 11.3 Å². The summed E-state index contributed by atoms with van der Waals surface area (Å²) in [6.45, 7) is 4.72. The zero-order chi connectivity index (χ0) is 18.6. The van der Waals surface area contributed by atoms with Gasteiger partial charge in [-0.25, -0.2) is 13.8 Å². The molecule has 0 aliphatic carbocycles. The van der Waals surface area contributed by atoms with Crippen molar-refractivity contribution in [1.29, 1.82) is 0 Å². The van der Waals surface area contributed by atoms with Crippen molar-refractivity contribution >= 4 is 17.1 Å². The van der Waals surface area contributed by atoms with Gasteiger partial charge in [-0.3, -0.25) is 4.79 Å². The number of aliphatic hydroxyl groups is 1. The molecule has 0 saturated carbocycles. The molecule has 0 aliphatic rings. The third-order valence-electron chi connectivity index (χ3n) is 3.37. The molecular weight excluding hydrogens is 344 g/mol. The Bertz CT molecular complexity index is 940. The number of rotatable bonds is 3. The molecule has 0 bridgehead atoms. The van der Waals surface area contributed by atoms with Crippen molar-refractivity contribution in [2.75, 3.05) is 0 Å². The SMILES string of the molecule is CCC(C)(O)C#CC#Cc1nc(-c2ccc(F)cc2F)sc1C(C)=O.